The summed E-state index contributed by atoms with van der Waals surface area (Å²) in [5, 5.41) is 23.5. The van der Waals surface area contributed by atoms with Gasteiger partial charge in [-0.05, 0) is 54.8 Å². The number of aliphatic hydroxyl groups is 2. The number of ether oxygens (including phenoxy) is 1. The number of aliphatic hydroxyl groups excluding tert-OH is 2. The Bertz CT molecular complexity index is 1120. The van der Waals surface area contributed by atoms with Gasteiger partial charge in [0.25, 0.3) is 0 Å². The summed E-state index contributed by atoms with van der Waals surface area (Å²) in [6.45, 7) is 6.40. The SMILES string of the molecule is COc1ccc(C2(C(=O)Nc3ccc4c(c3)cc(C(C)(C)C)n4C[C@@H](O)CO)CC2)cc1. The molecule has 6 heteroatoms. The second kappa shape index (κ2) is 8.26. The van der Waals surface area contributed by atoms with E-state index in [1.165, 1.54) is 0 Å². The molecule has 2 aromatic carbocycles. The normalized spacial score (nSPS) is 16.1. The molecule has 1 fully saturated rings. The maximum atomic E-state index is 13.2. The molecule has 170 valence electrons. The van der Waals surface area contributed by atoms with Crippen LogP contribution in [-0.2, 0) is 22.2 Å². The second-order valence-electron chi connectivity index (χ2n) is 9.76. The zero-order valence-corrected chi connectivity index (χ0v) is 19.2. The van der Waals surface area contributed by atoms with E-state index in [1.54, 1.807) is 7.11 Å². The quantitative estimate of drug-likeness (QED) is 0.523. The number of aromatic nitrogens is 1. The molecule has 1 aliphatic rings. The van der Waals surface area contributed by atoms with E-state index in [2.05, 4.69) is 36.7 Å². The number of carbonyl (C=O) groups excluding carboxylic acids is 1. The standard InChI is InChI=1S/C26H32N2O4/c1-25(2,3)23-14-17-13-19(7-10-22(17)28(23)15-20(30)16-29)27-24(31)26(11-12-26)18-5-8-21(32-4)9-6-18/h5-10,13-14,20,29-30H,11-12,15-16H2,1-4H3,(H,27,31)/t20-/m1/s1. The fourth-order valence-corrected chi connectivity index (χ4v) is 4.37. The van der Waals surface area contributed by atoms with Crippen molar-refractivity contribution in [2.45, 2.75) is 57.1 Å². The molecule has 0 bridgehead atoms. The van der Waals surface area contributed by atoms with Crippen molar-refractivity contribution in [1.82, 2.24) is 4.57 Å². The molecular weight excluding hydrogens is 404 g/mol. The van der Waals surface area contributed by atoms with Crippen LogP contribution in [0.2, 0.25) is 0 Å². The maximum absolute atomic E-state index is 13.2. The van der Waals surface area contributed by atoms with Crippen LogP contribution in [0.1, 0.15) is 44.9 Å². The predicted molar refractivity (Wildman–Crippen MR) is 126 cm³/mol. The van der Waals surface area contributed by atoms with Crippen molar-refractivity contribution in [2.24, 2.45) is 0 Å². The zero-order chi connectivity index (χ0) is 23.1. The molecule has 0 spiro atoms. The highest BCUT2D eigenvalue weighted by Crippen LogP contribution is 2.49. The van der Waals surface area contributed by atoms with Gasteiger partial charge in [-0.3, -0.25) is 4.79 Å². The van der Waals surface area contributed by atoms with Crippen molar-refractivity contribution in [3.63, 3.8) is 0 Å². The van der Waals surface area contributed by atoms with Crippen LogP contribution in [0.15, 0.2) is 48.5 Å². The molecule has 1 saturated carbocycles. The molecule has 6 nitrogen and oxygen atoms in total. The van der Waals surface area contributed by atoms with Crippen molar-refractivity contribution in [3.8, 4) is 5.75 Å². The molecule has 0 unspecified atom stereocenters. The molecule has 1 amide bonds. The minimum atomic E-state index is -0.828. The average molecular weight is 437 g/mol. The number of methoxy groups -OCH3 is 1. The van der Waals surface area contributed by atoms with Gasteiger partial charge in [0, 0.05) is 27.7 Å². The third-order valence-electron chi connectivity index (χ3n) is 6.36. The highest BCUT2D eigenvalue weighted by Gasteiger charge is 2.51. The highest BCUT2D eigenvalue weighted by atomic mass is 16.5. The first-order valence-electron chi connectivity index (χ1n) is 11.1. The van der Waals surface area contributed by atoms with Gasteiger partial charge in [-0.1, -0.05) is 32.9 Å². The van der Waals surface area contributed by atoms with E-state index in [9.17, 15) is 15.0 Å². The summed E-state index contributed by atoms with van der Waals surface area (Å²) in [5.74, 6) is 0.786. The molecule has 3 N–H and O–H groups in total. The molecule has 32 heavy (non-hydrogen) atoms. The first-order chi connectivity index (χ1) is 15.2. The van der Waals surface area contributed by atoms with Gasteiger partial charge < -0.3 is 24.8 Å². The molecule has 1 heterocycles. The lowest BCUT2D eigenvalue weighted by Gasteiger charge is -2.23. The molecule has 1 aliphatic carbocycles. The number of benzene rings is 2. The molecule has 0 radical (unpaired) electrons. The Balaban J connectivity index is 1.62. The van der Waals surface area contributed by atoms with Crippen LogP contribution in [0, 0.1) is 0 Å². The Labute approximate surface area is 188 Å². The number of hydrogen-bond acceptors (Lipinski definition) is 4. The molecule has 1 atom stereocenters. The van der Waals surface area contributed by atoms with E-state index in [-0.39, 0.29) is 17.9 Å². The first-order valence-corrected chi connectivity index (χ1v) is 11.1. The Kier molecular flexibility index (Phi) is 5.77. The number of anilines is 1. The number of carbonyl (C=O) groups is 1. The summed E-state index contributed by atoms with van der Waals surface area (Å²) in [4.78, 5) is 13.2. The van der Waals surface area contributed by atoms with E-state index in [0.717, 1.165) is 46.4 Å². The van der Waals surface area contributed by atoms with E-state index in [4.69, 9.17) is 4.74 Å². The van der Waals surface area contributed by atoms with E-state index >= 15 is 0 Å². The molecule has 4 rings (SSSR count). The van der Waals surface area contributed by atoms with E-state index in [0.29, 0.717) is 6.54 Å². The molecule has 0 saturated heterocycles. The summed E-state index contributed by atoms with van der Waals surface area (Å²) >= 11 is 0. The van der Waals surface area contributed by atoms with Crippen LogP contribution in [0.4, 0.5) is 5.69 Å². The summed E-state index contributed by atoms with van der Waals surface area (Å²) in [6.07, 6.45) is 0.832. The Morgan fingerprint density at radius 1 is 1.16 bits per heavy atom. The van der Waals surface area contributed by atoms with Crippen LogP contribution in [0.25, 0.3) is 10.9 Å². The van der Waals surface area contributed by atoms with Gasteiger partial charge in [-0.2, -0.15) is 0 Å². The van der Waals surface area contributed by atoms with Gasteiger partial charge in [0.15, 0.2) is 0 Å². The molecular formula is C26H32N2O4. The van der Waals surface area contributed by atoms with Crippen LogP contribution in [0.3, 0.4) is 0 Å². The second-order valence-corrected chi connectivity index (χ2v) is 9.76. The first kappa shape index (κ1) is 22.4. The van der Waals surface area contributed by atoms with Crippen molar-refractivity contribution >= 4 is 22.5 Å². The third kappa shape index (κ3) is 4.12. The molecule has 3 aromatic rings. The van der Waals surface area contributed by atoms with E-state index < -0.39 is 11.5 Å². The lowest BCUT2D eigenvalue weighted by Crippen LogP contribution is -2.27. The van der Waals surface area contributed by atoms with Crippen LogP contribution in [0.5, 0.6) is 5.75 Å². The zero-order valence-electron chi connectivity index (χ0n) is 19.2. The van der Waals surface area contributed by atoms with Crippen molar-refractivity contribution in [3.05, 3.63) is 59.8 Å². The smallest absolute Gasteiger partial charge is 0.235 e. The van der Waals surface area contributed by atoms with Crippen LogP contribution in [-0.4, -0.2) is 40.5 Å². The number of fused-ring (bicyclic) bond motifs is 1. The van der Waals surface area contributed by atoms with Gasteiger partial charge >= 0.3 is 0 Å². The third-order valence-corrected chi connectivity index (χ3v) is 6.36. The van der Waals surface area contributed by atoms with Crippen molar-refractivity contribution < 1.29 is 19.7 Å². The minimum Gasteiger partial charge on any atom is -0.497 e. The Morgan fingerprint density at radius 2 is 1.84 bits per heavy atom. The number of amides is 1. The van der Waals surface area contributed by atoms with Crippen LogP contribution >= 0.6 is 0 Å². The molecule has 1 aromatic heterocycles. The fraction of sp³-hybridized carbons (Fsp3) is 0.423. The van der Waals surface area contributed by atoms with E-state index in [1.807, 2.05) is 42.5 Å². The Hall–Kier alpha value is -2.83. The maximum Gasteiger partial charge on any atom is 0.235 e. The largest absolute Gasteiger partial charge is 0.497 e. The predicted octanol–water partition coefficient (Wildman–Crippen LogP) is 3.97. The minimum absolute atomic E-state index is 0.00759. The summed E-state index contributed by atoms with van der Waals surface area (Å²) in [6, 6.07) is 15.7. The van der Waals surface area contributed by atoms with Gasteiger partial charge in [-0.15, -0.1) is 0 Å². The number of hydrogen-bond donors (Lipinski definition) is 3. The lowest BCUT2D eigenvalue weighted by molar-refractivity contribution is -0.118. The van der Waals surface area contributed by atoms with Crippen LogP contribution < -0.4 is 10.1 Å². The van der Waals surface area contributed by atoms with Gasteiger partial charge in [0.2, 0.25) is 5.91 Å². The number of rotatable bonds is 7. The summed E-state index contributed by atoms with van der Waals surface area (Å²) < 4.78 is 7.29. The Morgan fingerprint density at radius 3 is 2.41 bits per heavy atom. The van der Waals surface area contributed by atoms with Crippen molar-refractivity contribution in [2.75, 3.05) is 19.0 Å². The average Bonchev–Trinajstić information content (AvgIpc) is 3.50. The monoisotopic (exact) mass is 436 g/mol. The number of nitrogens with one attached hydrogen (secondary N) is 1. The van der Waals surface area contributed by atoms with Gasteiger partial charge in [-0.25, -0.2) is 0 Å². The molecule has 0 aliphatic heterocycles. The van der Waals surface area contributed by atoms with Gasteiger partial charge in [0.1, 0.15) is 5.75 Å². The van der Waals surface area contributed by atoms with Gasteiger partial charge in [0.05, 0.1) is 31.8 Å². The number of nitrogens with zero attached hydrogens (tertiary/aromatic N) is 1. The summed E-state index contributed by atoms with van der Waals surface area (Å²) in [5.41, 5.74) is 3.19. The van der Waals surface area contributed by atoms with Crippen molar-refractivity contribution in [1.29, 1.82) is 0 Å². The lowest BCUT2D eigenvalue weighted by atomic mass is 9.92. The highest BCUT2D eigenvalue weighted by molar-refractivity contribution is 6.02. The fourth-order valence-electron chi connectivity index (χ4n) is 4.37. The topological polar surface area (TPSA) is 83.7 Å². The summed E-state index contributed by atoms with van der Waals surface area (Å²) in [7, 11) is 1.63.